The molecule has 0 saturated heterocycles. The van der Waals surface area contributed by atoms with E-state index in [2.05, 4.69) is 10.3 Å². The molecular formula is C21H24N4O3. The number of nitrogens with two attached hydrogens (primary N) is 2. The number of benzene rings is 2. The van der Waals surface area contributed by atoms with Gasteiger partial charge in [-0.05, 0) is 37.6 Å². The van der Waals surface area contributed by atoms with Crippen molar-refractivity contribution in [2.24, 2.45) is 10.7 Å². The first kappa shape index (κ1) is 20.7. The van der Waals surface area contributed by atoms with Crippen molar-refractivity contribution in [1.29, 1.82) is 0 Å². The van der Waals surface area contributed by atoms with Crippen LogP contribution in [0.5, 0.6) is 0 Å². The molecule has 5 N–H and O–H groups in total. The summed E-state index contributed by atoms with van der Waals surface area (Å²) in [5, 5.41) is 2.65. The lowest BCUT2D eigenvalue weighted by Gasteiger charge is -2.12. The normalized spacial score (nSPS) is 12.1. The van der Waals surface area contributed by atoms with E-state index >= 15 is 0 Å². The van der Waals surface area contributed by atoms with Crippen LogP contribution in [0.15, 0.2) is 71.0 Å². The maximum atomic E-state index is 12.2. The van der Waals surface area contributed by atoms with Gasteiger partial charge in [0, 0.05) is 11.4 Å². The average Bonchev–Trinajstić information content (AvgIpc) is 2.66. The summed E-state index contributed by atoms with van der Waals surface area (Å²) in [4.78, 5) is 28.6. The van der Waals surface area contributed by atoms with Gasteiger partial charge in [0.15, 0.2) is 6.61 Å². The number of para-hydroxylation sites is 2. The van der Waals surface area contributed by atoms with E-state index in [0.29, 0.717) is 28.4 Å². The molecule has 146 valence electrons. The number of anilines is 1. The van der Waals surface area contributed by atoms with Crippen molar-refractivity contribution < 1.29 is 14.3 Å². The van der Waals surface area contributed by atoms with Crippen molar-refractivity contribution in [3.05, 3.63) is 71.6 Å². The number of aliphatic imine (C=N–C) groups is 1. The summed E-state index contributed by atoms with van der Waals surface area (Å²) >= 11 is 0. The fraction of sp³-hybridized carbons (Fsp3) is 0.190. The SMILES string of the molecule is CC(=Nc1ccccc1)C(NC(=O)COC(=O)Cc1ccccc1N)=C(C)N. The molecule has 2 aromatic rings. The molecule has 0 bridgehead atoms. The highest BCUT2D eigenvalue weighted by Crippen LogP contribution is 2.13. The average molecular weight is 380 g/mol. The molecule has 0 aliphatic carbocycles. The van der Waals surface area contributed by atoms with Crippen LogP contribution < -0.4 is 16.8 Å². The predicted octanol–water partition coefficient (Wildman–Crippen LogP) is 2.45. The van der Waals surface area contributed by atoms with Crippen LogP contribution in [0.1, 0.15) is 19.4 Å². The molecule has 0 unspecified atom stereocenters. The Kier molecular flexibility index (Phi) is 7.33. The van der Waals surface area contributed by atoms with E-state index in [1.807, 2.05) is 30.3 Å². The minimum atomic E-state index is -0.544. The highest BCUT2D eigenvalue weighted by Gasteiger charge is 2.13. The molecule has 0 aliphatic rings. The first-order chi connectivity index (χ1) is 13.4. The van der Waals surface area contributed by atoms with E-state index in [1.165, 1.54) is 0 Å². The summed E-state index contributed by atoms with van der Waals surface area (Å²) in [5.74, 6) is -1.05. The molecule has 0 aromatic heterocycles. The second kappa shape index (κ2) is 9.91. The Bertz CT molecular complexity index is 901. The molecule has 7 heteroatoms. The predicted molar refractivity (Wildman–Crippen MR) is 110 cm³/mol. The minimum Gasteiger partial charge on any atom is -0.455 e. The second-order valence-electron chi connectivity index (χ2n) is 6.18. The molecule has 0 atom stereocenters. The van der Waals surface area contributed by atoms with Crippen LogP contribution in [0, 0.1) is 0 Å². The summed E-state index contributed by atoms with van der Waals surface area (Å²) in [5.41, 5.74) is 14.9. The van der Waals surface area contributed by atoms with E-state index in [-0.39, 0.29) is 6.42 Å². The molecule has 28 heavy (non-hydrogen) atoms. The highest BCUT2D eigenvalue weighted by atomic mass is 16.5. The molecule has 0 saturated carbocycles. The summed E-state index contributed by atoms with van der Waals surface area (Å²) < 4.78 is 5.03. The molecule has 0 aliphatic heterocycles. The van der Waals surface area contributed by atoms with Gasteiger partial charge in [0.2, 0.25) is 0 Å². The van der Waals surface area contributed by atoms with Gasteiger partial charge in [0.25, 0.3) is 5.91 Å². The zero-order valence-electron chi connectivity index (χ0n) is 15.9. The summed E-state index contributed by atoms with van der Waals surface area (Å²) in [6.07, 6.45) is -0.00689. The number of rotatable bonds is 7. The fourth-order valence-corrected chi connectivity index (χ4v) is 2.45. The van der Waals surface area contributed by atoms with E-state index in [4.69, 9.17) is 16.2 Å². The summed E-state index contributed by atoms with van der Waals surface area (Å²) in [6, 6.07) is 16.3. The zero-order valence-corrected chi connectivity index (χ0v) is 15.9. The quantitative estimate of drug-likeness (QED) is 0.387. The van der Waals surface area contributed by atoms with Crippen LogP contribution in [-0.2, 0) is 20.7 Å². The van der Waals surface area contributed by atoms with E-state index in [0.717, 1.165) is 5.69 Å². The number of nitrogens with one attached hydrogen (secondary N) is 1. The van der Waals surface area contributed by atoms with Crippen molar-refractivity contribution in [2.75, 3.05) is 12.3 Å². The second-order valence-corrected chi connectivity index (χ2v) is 6.18. The third-order valence-corrected chi connectivity index (χ3v) is 3.83. The molecule has 2 rings (SSSR count). The van der Waals surface area contributed by atoms with Gasteiger partial charge in [-0.25, -0.2) is 0 Å². The van der Waals surface area contributed by atoms with E-state index in [1.54, 1.807) is 38.1 Å². The smallest absolute Gasteiger partial charge is 0.310 e. The lowest BCUT2D eigenvalue weighted by Crippen LogP contribution is -2.32. The van der Waals surface area contributed by atoms with Gasteiger partial charge in [-0.1, -0.05) is 36.4 Å². The van der Waals surface area contributed by atoms with Crippen LogP contribution in [0.2, 0.25) is 0 Å². The Balaban J connectivity index is 1.94. The number of allylic oxidation sites excluding steroid dienone is 2. The zero-order chi connectivity index (χ0) is 20.5. The molecule has 2 aromatic carbocycles. The Hall–Kier alpha value is -3.61. The third kappa shape index (κ3) is 6.28. The Morgan fingerprint density at radius 1 is 1.04 bits per heavy atom. The van der Waals surface area contributed by atoms with Crippen LogP contribution in [0.3, 0.4) is 0 Å². The number of carbonyl (C=O) groups excluding carboxylic acids is 2. The number of hydrogen-bond acceptors (Lipinski definition) is 6. The van der Waals surface area contributed by atoms with Gasteiger partial charge >= 0.3 is 5.97 Å². The number of esters is 1. The first-order valence-corrected chi connectivity index (χ1v) is 8.72. The molecular weight excluding hydrogens is 356 g/mol. The maximum Gasteiger partial charge on any atom is 0.310 e. The van der Waals surface area contributed by atoms with Crippen molar-refractivity contribution in [3.8, 4) is 0 Å². The topological polar surface area (TPSA) is 120 Å². The first-order valence-electron chi connectivity index (χ1n) is 8.72. The summed E-state index contributed by atoms with van der Waals surface area (Å²) in [6.45, 7) is 2.97. The molecule has 1 amide bonds. The van der Waals surface area contributed by atoms with Crippen LogP contribution in [0.4, 0.5) is 11.4 Å². The lowest BCUT2D eigenvalue weighted by molar-refractivity contribution is -0.147. The van der Waals surface area contributed by atoms with E-state index in [9.17, 15) is 9.59 Å². The molecule has 7 nitrogen and oxygen atoms in total. The Labute approximate surface area is 164 Å². The monoisotopic (exact) mass is 380 g/mol. The molecule has 0 radical (unpaired) electrons. The Morgan fingerprint density at radius 2 is 1.68 bits per heavy atom. The van der Waals surface area contributed by atoms with Crippen molar-refractivity contribution >= 4 is 29.0 Å². The van der Waals surface area contributed by atoms with Crippen molar-refractivity contribution in [1.82, 2.24) is 5.32 Å². The van der Waals surface area contributed by atoms with Gasteiger partial charge in [-0.2, -0.15) is 0 Å². The fourth-order valence-electron chi connectivity index (χ4n) is 2.45. The number of amides is 1. The van der Waals surface area contributed by atoms with Gasteiger partial charge in [0.1, 0.15) is 0 Å². The number of ether oxygens (including phenoxy) is 1. The minimum absolute atomic E-state index is 0.00689. The number of nitrogen functional groups attached to an aromatic ring is 1. The number of nitrogens with zero attached hydrogens (tertiary/aromatic N) is 1. The van der Waals surface area contributed by atoms with Crippen molar-refractivity contribution in [3.63, 3.8) is 0 Å². The van der Waals surface area contributed by atoms with E-state index < -0.39 is 18.5 Å². The molecule has 0 heterocycles. The number of carbonyl (C=O) groups is 2. The van der Waals surface area contributed by atoms with Crippen LogP contribution in [-0.4, -0.2) is 24.2 Å². The van der Waals surface area contributed by atoms with Crippen molar-refractivity contribution in [2.45, 2.75) is 20.3 Å². The number of hydrogen-bond donors (Lipinski definition) is 3. The molecule has 0 spiro atoms. The Morgan fingerprint density at radius 3 is 2.32 bits per heavy atom. The third-order valence-electron chi connectivity index (χ3n) is 3.83. The summed E-state index contributed by atoms with van der Waals surface area (Å²) in [7, 11) is 0. The van der Waals surface area contributed by atoms with Crippen LogP contribution in [0.25, 0.3) is 0 Å². The van der Waals surface area contributed by atoms with Gasteiger partial charge in [-0.15, -0.1) is 0 Å². The largest absolute Gasteiger partial charge is 0.455 e. The van der Waals surface area contributed by atoms with Crippen LogP contribution >= 0.6 is 0 Å². The van der Waals surface area contributed by atoms with Gasteiger partial charge < -0.3 is 21.5 Å². The lowest BCUT2D eigenvalue weighted by atomic mass is 10.1. The van der Waals surface area contributed by atoms with Gasteiger partial charge in [0.05, 0.1) is 23.5 Å². The van der Waals surface area contributed by atoms with Gasteiger partial charge in [-0.3, -0.25) is 14.6 Å². The molecule has 0 fully saturated rings. The standard InChI is InChI=1S/C21H24N4O3/c1-14(22)21(15(2)24-17-9-4-3-5-10-17)25-19(26)13-28-20(27)12-16-8-6-7-11-18(16)23/h3-11H,12-13,22-23H2,1-2H3,(H,25,26). The maximum absolute atomic E-state index is 12.2. The highest BCUT2D eigenvalue weighted by molar-refractivity contribution is 6.03.